The molecule has 4 rings (SSSR count). The number of carbonyl (C=O) groups excluding carboxylic acids is 1. The number of hydrogen-bond donors (Lipinski definition) is 1. The van der Waals surface area contributed by atoms with Crippen molar-refractivity contribution in [2.75, 3.05) is 16.2 Å². The van der Waals surface area contributed by atoms with Crippen molar-refractivity contribution in [1.82, 2.24) is 4.98 Å². The summed E-state index contributed by atoms with van der Waals surface area (Å²) in [6.45, 7) is 2.32. The average molecular weight is 462 g/mol. The minimum absolute atomic E-state index is 0.0336. The van der Waals surface area contributed by atoms with Gasteiger partial charge in [0.15, 0.2) is 5.78 Å². The van der Waals surface area contributed by atoms with Crippen LogP contribution in [0.2, 0.25) is 10.0 Å². The Labute approximate surface area is 184 Å². The lowest BCUT2D eigenvalue weighted by Gasteiger charge is -2.18. The molecule has 0 saturated carbocycles. The molecule has 1 aliphatic heterocycles. The molecule has 0 saturated heterocycles. The van der Waals surface area contributed by atoms with Gasteiger partial charge in [0, 0.05) is 28.2 Å². The van der Waals surface area contributed by atoms with Gasteiger partial charge in [0.25, 0.3) is 10.0 Å². The zero-order valence-corrected chi connectivity index (χ0v) is 18.2. The van der Waals surface area contributed by atoms with Gasteiger partial charge in [0.2, 0.25) is 0 Å². The number of aryl methyl sites for hydroxylation is 1. The molecule has 0 atom stereocenters. The molecule has 0 bridgehead atoms. The van der Waals surface area contributed by atoms with E-state index in [1.54, 1.807) is 31.3 Å². The summed E-state index contributed by atoms with van der Waals surface area (Å²) >= 11 is 12.1. The normalized spacial score (nSPS) is 13.4. The van der Waals surface area contributed by atoms with Crippen LogP contribution in [0.15, 0.2) is 59.6 Å². The highest BCUT2D eigenvalue weighted by atomic mass is 35.5. The predicted molar refractivity (Wildman–Crippen MR) is 118 cm³/mol. The van der Waals surface area contributed by atoms with E-state index in [0.717, 1.165) is 11.4 Å². The first kappa shape index (κ1) is 20.7. The molecule has 154 valence electrons. The molecule has 0 radical (unpaired) electrons. The van der Waals surface area contributed by atoms with Crippen molar-refractivity contribution in [3.63, 3.8) is 0 Å². The van der Waals surface area contributed by atoms with Gasteiger partial charge < -0.3 is 4.90 Å². The molecule has 3 aromatic rings. The SMILES string of the molecule is Cc1cc(Cl)cc(Cl)c1S(=O)(=O)Nc1ccc2c(c1)C(=O)CN2Cc1ccccn1. The van der Waals surface area contributed by atoms with Gasteiger partial charge >= 0.3 is 0 Å². The van der Waals surface area contributed by atoms with Crippen LogP contribution in [-0.4, -0.2) is 25.7 Å². The number of halogens is 2. The maximum Gasteiger partial charge on any atom is 0.263 e. The Kier molecular flexibility index (Phi) is 5.44. The quantitative estimate of drug-likeness (QED) is 0.595. The Bertz CT molecular complexity index is 1220. The molecule has 0 unspecified atom stereocenters. The molecule has 0 spiro atoms. The fourth-order valence-electron chi connectivity index (χ4n) is 3.51. The molecule has 1 aromatic heterocycles. The van der Waals surface area contributed by atoms with Crippen molar-refractivity contribution in [3.8, 4) is 0 Å². The molecule has 0 aliphatic carbocycles. The summed E-state index contributed by atoms with van der Waals surface area (Å²) in [5.41, 5.74) is 2.76. The van der Waals surface area contributed by atoms with E-state index in [0.29, 0.717) is 22.7 Å². The highest BCUT2D eigenvalue weighted by Crippen LogP contribution is 2.34. The summed E-state index contributed by atoms with van der Waals surface area (Å²) in [7, 11) is -3.96. The summed E-state index contributed by atoms with van der Waals surface area (Å²) < 4.78 is 28.3. The first-order valence-electron chi connectivity index (χ1n) is 9.05. The van der Waals surface area contributed by atoms with Gasteiger partial charge in [-0.15, -0.1) is 0 Å². The topological polar surface area (TPSA) is 79.4 Å². The van der Waals surface area contributed by atoms with Crippen LogP contribution in [0.25, 0.3) is 0 Å². The Morgan fingerprint density at radius 2 is 1.93 bits per heavy atom. The van der Waals surface area contributed by atoms with Gasteiger partial charge in [-0.25, -0.2) is 8.42 Å². The molecule has 2 heterocycles. The maximum absolute atomic E-state index is 12.9. The van der Waals surface area contributed by atoms with Crippen LogP contribution in [0.5, 0.6) is 0 Å². The standard InChI is InChI=1S/C21H17Cl2N3O3S/c1-13-8-14(22)9-18(23)21(13)30(28,29)25-15-5-6-19-17(10-15)20(27)12-26(19)11-16-4-2-3-7-24-16/h2-10,25H,11-12H2,1H3. The number of aromatic nitrogens is 1. The third kappa shape index (κ3) is 4.01. The van der Waals surface area contributed by atoms with Crippen molar-refractivity contribution in [3.05, 3.63) is 81.6 Å². The highest BCUT2D eigenvalue weighted by molar-refractivity contribution is 7.92. The maximum atomic E-state index is 12.9. The number of hydrogen-bond acceptors (Lipinski definition) is 5. The molecular formula is C21H17Cl2N3O3S. The summed E-state index contributed by atoms with van der Waals surface area (Å²) in [6.07, 6.45) is 1.70. The van der Waals surface area contributed by atoms with Crippen LogP contribution in [0.4, 0.5) is 11.4 Å². The molecule has 1 aliphatic rings. The second-order valence-corrected chi connectivity index (χ2v) is 9.43. The molecule has 0 amide bonds. The van der Waals surface area contributed by atoms with Crippen molar-refractivity contribution in [2.24, 2.45) is 0 Å². The fourth-order valence-corrected chi connectivity index (χ4v) is 5.74. The largest absolute Gasteiger partial charge is 0.357 e. The fraction of sp³-hybridized carbons (Fsp3) is 0.143. The van der Waals surface area contributed by atoms with E-state index >= 15 is 0 Å². The molecule has 30 heavy (non-hydrogen) atoms. The van der Waals surface area contributed by atoms with Crippen LogP contribution in [-0.2, 0) is 16.6 Å². The number of sulfonamides is 1. The zero-order valence-electron chi connectivity index (χ0n) is 15.9. The van der Waals surface area contributed by atoms with E-state index in [9.17, 15) is 13.2 Å². The number of anilines is 2. The number of benzene rings is 2. The van der Waals surface area contributed by atoms with Crippen LogP contribution in [0.3, 0.4) is 0 Å². The number of nitrogens with zero attached hydrogens (tertiary/aromatic N) is 2. The molecule has 0 fully saturated rings. The van der Waals surface area contributed by atoms with Crippen molar-refractivity contribution in [1.29, 1.82) is 0 Å². The predicted octanol–water partition coefficient (Wildman–Crippen LogP) is 4.70. The molecule has 1 N–H and O–H groups in total. The first-order valence-corrected chi connectivity index (χ1v) is 11.3. The zero-order chi connectivity index (χ0) is 21.5. The molecule has 6 nitrogen and oxygen atoms in total. The number of Topliss-reactive ketones (excluding diaryl/α,β-unsaturated/α-hetero) is 1. The van der Waals surface area contributed by atoms with Crippen molar-refractivity contribution < 1.29 is 13.2 Å². The average Bonchev–Trinajstić information content (AvgIpc) is 2.96. The second-order valence-electron chi connectivity index (χ2n) is 6.97. The Balaban J connectivity index is 1.62. The molecule has 9 heteroatoms. The Morgan fingerprint density at radius 3 is 2.63 bits per heavy atom. The van der Waals surface area contributed by atoms with Crippen LogP contribution in [0.1, 0.15) is 21.6 Å². The van der Waals surface area contributed by atoms with E-state index in [-0.39, 0.29) is 27.9 Å². The van der Waals surface area contributed by atoms with E-state index in [4.69, 9.17) is 23.2 Å². The Hall–Kier alpha value is -2.61. The van der Waals surface area contributed by atoms with Crippen LogP contribution >= 0.6 is 23.2 Å². The summed E-state index contributed by atoms with van der Waals surface area (Å²) in [5, 5.41) is 0.388. The van der Waals surface area contributed by atoms with Gasteiger partial charge in [-0.05, 0) is 55.0 Å². The van der Waals surface area contributed by atoms with Gasteiger partial charge in [-0.1, -0.05) is 29.3 Å². The number of rotatable bonds is 5. The lowest BCUT2D eigenvalue weighted by atomic mass is 10.1. The Morgan fingerprint density at radius 1 is 1.13 bits per heavy atom. The summed E-state index contributed by atoms with van der Waals surface area (Å²) in [4.78, 5) is 18.7. The number of fused-ring (bicyclic) bond motifs is 1. The minimum atomic E-state index is -3.96. The van der Waals surface area contributed by atoms with Crippen molar-refractivity contribution in [2.45, 2.75) is 18.4 Å². The van der Waals surface area contributed by atoms with Gasteiger partial charge in [0.1, 0.15) is 4.90 Å². The third-order valence-electron chi connectivity index (χ3n) is 4.77. The van der Waals surface area contributed by atoms with Gasteiger partial charge in [-0.2, -0.15) is 0 Å². The van der Waals surface area contributed by atoms with Gasteiger partial charge in [0.05, 0.1) is 23.8 Å². The smallest absolute Gasteiger partial charge is 0.263 e. The monoisotopic (exact) mass is 461 g/mol. The third-order valence-corrected chi connectivity index (χ3v) is 6.98. The first-order chi connectivity index (χ1) is 14.2. The van der Waals surface area contributed by atoms with Crippen LogP contribution in [0, 0.1) is 6.92 Å². The molecular weight excluding hydrogens is 445 g/mol. The van der Waals surface area contributed by atoms with E-state index in [2.05, 4.69) is 9.71 Å². The van der Waals surface area contributed by atoms with E-state index in [1.807, 2.05) is 23.1 Å². The second kappa shape index (κ2) is 7.91. The highest BCUT2D eigenvalue weighted by Gasteiger charge is 2.28. The van der Waals surface area contributed by atoms with Gasteiger partial charge in [-0.3, -0.25) is 14.5 Å². The van der Waals surface area contributed by atoms with Crippen LogP contribution < -0.4 is 9.62 Å². The lowest BCUT2D eigenvalue weighted by Crippen LogP contribution is -2.22. The minimum Gasteiger partial charge on any atom is -0.357 e. The summed E-state index contributed by atoms with van der Waals surface area (Å²) in [6, 6.07) is 13.4. The number of pyridine rings is 1. The summed E-state index contributed by atoms with van der Waals surface area (Å²) in [5.74, 6) is -0.0808. The number of ketones is 1. The van der Waals surface area contributed by atoms with E-state index in [1.165, 1.54) is 12.1 Å². The molecule has 2 aromatic carbocycles. The number of carbonyl (C=O) groups is 1. The number of nitrogens with one attached hydrogen (secondary N) is 1. The lowest BCUT2D eigenvalue weighted by molar-refractivity contribution is 0.101. The van der Waals surface area contributed by atoms with Crippen molar-refractivity contribution >= 4 is 50.4 Å². The van der Waals surface area contributed by atoms with E-state index < -0.39 is 10.0 Å².